The fourth-order valence-corrected chi connectivity index (χ4v) is 4.90. The van der Waals surface area contributed by atoms with Crippen LogP contribution in [0.15, 0.2) is 23.3 Å². The molecule has 3 rings (SSSR count). The van der Waals surface area contributed by atoms with Crippen LogP contribution < -0.4 is 10.3 Å². The predicted molar refractivity (Wildman–Crippen MR) is 120 cm³/mol. The topological polar surface area (TPSA) is 61.8 Å². The van der Waals surface area contributed by atoms with Gasteiger partial charge in [0, 0.05) is 18.7 Å². The Morgan fingerprint density at radius 2 is 1.72 bits per heavy atom. The molecule has 1 N–H and O–H groups in total. The van der Waals surface area contributed by atoms with Gasteiger partial charge in [-0.25, -0.2) is 0 Å². The number of carbonyl (C=O) groups is 2. The summed E-state index contributed by atoms with van der Waals surface area (Å²) in [6, 6.07) is 6.13. The molecular weight excluding hydrogens is 362 g/mol. The highest BCUT2D eigenvalue weighted by Gasteiger charge is 2.49. The monoisotopic (exact) mass is 397 g/mol. The number of anilines is 2. The molecule has 29 heavy (non-hydrogen) atoms. The van der Waals surface area contributed by atoms with E-state index < -0.39 is 5.41 Å². The summed E-state index contributed by atoms with van der Waals surface area (Å²) in [5.74, 6) is 0.409. The van der Waals surface area contributed by atoms with Crippen molar-refractivity contribution < 1.29 is 9.59 Å². The lowest BCUT2D eigenvalue weighted by Crippen LogP contribution is -2.40. The minimum absolute atomic E-state index is 0.159. The zero-order valence-corrected chi connectivity index (χ0v) is 18.2. The highest BCUT2D eigenvalue weighted by atomic mass is 16.2. The number of hydrogen-bond acceptors (Lipinski definition) is 4. The third-order valence-corrected chi connectivity index (χ3v) is 6.22. The molecule has 0 bridgehead atoms. The summed E-state index contributed by atoms with van der Waals surface area (Å²) < 4.78 is 0. The van der Waals surface area contributed by atoms with Crippen LogP contribution >= 0.6 is 0 Å². The molecule has 1 aliphatic carbocycles. The number of nitrogens with one attached hydrogen (secondary N) is 1. The number of fused-ring (bicyclic) bond motifs is 1. The quantitative estimate of drug-likeness (QED) is 0.460. The molecule has 0 saturated heterocycles. The molecule has 1 aliphatic heterocycles. The number of Topliss-reactive ketones (excluding diaryl/α,β-unsaturated/α-hetero) is 1. The summed E-state index contributed by atoms with van der Waals surface area (Å²) in [7, 11) is 0. The lowest BCUT2D eigenvalue weighted by atomic mass is 9.74. The van der Waals surface area contributed by atoms with E-state index in [1.807, 2.05) is 17.0 Å². The molecule has 1 saturated carbocycles. The van der Waals surface area contributed by atoms with Gasteiger partial charge < -0.3 is 4.90 Å². The molecule has 1 fully saturated rings. The van der Waals surface area contributed by atoms with Crippen molar-refractivity contribution in [3.05, 3.63) is 23.8 Å². The van der Waals surface area contributed by atoms with Crippen LogP contribution in [0.5, 0.6) is 0 Å². The summed E-state index contributed by atoms with van der Waals surface area (Å²) >= 11 is 0. The lowest BCUT2D eigenvalue weighted by molar-refractivity contribution is -0.123. The predicted octanol–water partition coefficient (Wildman–Crippen LogP) is 5.58. The van der Waals surface area contributed by atoms with Crippen LogP contribution in [-0.4, -0.2) is 23.9 Å². The van der Waals surface area contributed by atoms with E-state index >= 15 is 0 Å². The first-order valence-electron chi connectivity index (χ1n) is 11.4. The minimum Gasteiger partial charge on any atom is -0.311 e. The van der Waals surface area contributed by atoms with Gasteiger partial charge in [-0.1, -0.05) is 40.0 Å². The molecule has 5 nitrogen and oxygen atoms in total. The molecule has 0 unspecified atom stereocenters. The van der Waals surface area contributed by atoms with Crippen molar-refractivity contribution in [2.24, 2.45) is 5.10 Å². The van der Waals surface area contributed by atoms with Crippen LogP contribution in [0.4, 0.5) is 11.4 Å². The van der Waals surface area contributed by atoms with Crippen LogP contribution in [-0.2, 0) is 15.0 Å². The van der Waals surface area contributed by atoms with E-state index in [4.69, 9.17) is 0 Å². The van der Waals surface area contributed by atoms with E-state index in [2.05, 4.69) is 37.4 Å². The van der Waals surface area contributed by atoms with Gasteiger partial charge in [-0.3, -0.25) is 15.0 Å². The Kier molecular flexibility index (Phi) is 7.09. The van der Waals surface area contributed by atoms with Gasteiger partial charge in [0.25, 0.3) is 0 Å². The molecule has 158 valence electrons. The Bertz CT molecular complexity index is 778. The van der Waals surface area contributed by atoms with Gasteiger partial charge in [0.1, 0.15) is 5.71 Å². The number of benzene rings is 1. The first kappa shape index (κ1) is 21.5. The fourth-order valence-electron chi connectivity index (χ4n) is 4.90. The van der Waals surface area contributed by atoms with Crippen molar-refractivity contribution in [1.29, 1.82) is 0 Å². The molecule has 1 aromatic carbocycles. The average molecular weight is 398 g/mol. The van der Waals surface area contributed by atoms with Crippen LogP contribution in [0.2, 0.25) is 0 Å². The summed E-state index contributed by atoms with van der Waals surface area (Å²) in [5, 5.41) is 4.45. The zero-order valence-electron chi connectivity index (χ0n) is 18.2. The van der Waals surface area contributed by atoms with E-state index in [1.54, 1.807) is 0 Å². The Hall–Kier alpha value is -2.17. The third-order valence-electron chi connectivity index (χ3n) is 6.22. The van der Waals surface area contributed by atoms with Crippen molar-refractivity contribution in [1.82, 2.24) is 0 Å². The smallest absolute Gasteiger partial charge is 0.237 e. The highest BCUT2D eigenvalue weighted by molar-refractivity contribution is 6.40. The lowest BCUT2D eigenvalue weighted by Gasteiger charge is -2.28. The minimum atomic E-state index is -0.434. The molecule has 5 heteroatoms. The molecule has 1 aromatic rings. The van der Waals surface area contributed by atoms with Gasteiger partial charge in [0.2, 0.25) is 5.91 Å². The number of carbonyl (C=O) groups excluding carboxylic acids is 2. The number of ketones is 1. The van der Waals surface area contributed by atoms with Gasteiger partial charge in [0.05, 0.1) is 11.1 Å². The van der Waals surface area contributed by atoms with E-state index in [0.717, 1.165) is 81.3 Å². The molecule has 2 aliphatic rings. The first-order valence-corrected chi connectivity index (χ1v) is 11.4. The van der Waals surface area contributed by atoms with Crippen molar-refractivity contribution >= 4 is 28.8 Å². The van der Waals surface area contributed by atoms with Crippen LogP contribution in [0, 0.1) is 0 Å². The third kappa shape index (κ3) is 4.24. The van der Waals surface area contributed by atoms with Gasteiger partial charge in [-0.05, 0) is 62.3 Å². The summed E-state index contributed by atoms with van der Waals surface area (Å²) in [5.41, 5.74) is 6.37. The van der Waals surface area contributed by atoms with E-state index in [9.17, 15) is 9.59 Å². The standard InChI is InChI=1S/C24H35N3O2/c1-4-14-24(15-5-2)19-17-18(12-13-21(19)27(16-6-3)23(24)29)25-26-20-10-8-7-9-11-22(20)28/h12-13,17,25H,4-11,14-16H2,1-3H3/b26-20+. The summed E-state index contributed by atoms with van der Waals surface area (Å²) in [6.45, 7) is 7.17. The zero-order chi connectivity index (χ0) is 20.9. The van der Waals surface area contributed by atoms with Crippen LogP contribution in [0.1, 0.15) is 90.5 Å². The molecule has 1 amide bonds. The first-order chi connectivity index (χ1) is 14.1. The second-order valence-electron chi connectivity index (χ2n) is 8.42. The van der Waals surface area contributed by atoms with Crippen molar-refractivity contribution in [3.8, 4) is 0 Å². The maximum absolute atomic E-state index is 13.5. The Labute approximate surface area is 174 Å². The summed E-state index contributed by atoms with van der Waals surface area (Å²) in [4.78, 5) is 27.7. The number of rotatable bonds is 8. The average Bonchev–Trinajstić information content (AvgIpc) is 2.84. The highest BCUT2D eigenvalue weighted by Crippen LogP contribution is 2.48. The number of hydrazone groups is 1. The van der Waals surface area contributed by atoms with Crippen LogP contribution in [0.3, 0.4) is 0 Å². The van der Waals surface area contributed by atoms with Gasteiger partial charge in [-0.2, -0.15) is 5.10 Å². The van der Waals surface area contributed by atoms with Gasteiger partial charge in [-0.15, -0.1) is 0 Å². The molecule has 0 spiro atoms. The number of nitrogens with zero attached hydrogens (tertiary/aromatic N) is 2. The SMILES string of the molecule is CCCN1C(=O)C(CCC)(CCC)c2cc(N/N=C3\CCCCCC3=O)ccc21. The van der Waals surface area contributed by atoms with E-state index in [-0.39, 0.29) is 11.7 Å². The fraction of sp³-hybridized carbons (Fsp3) is 0.625. The van der Waals surface area contributed by atoms with E-state index in [0.29, 0.717) is 12.1 Å². The second-order valence-corrected chi connectivity index (χ2v) is 8.42. The number of hydrogen-bond donors (Lipinski definition) is 1. The maximum atomic E-state index is 13.5. The Morgan fingerprint density at radius 1 is 1.00 bits per heavy atom. The van der Waals surface area contributed by atoms with Crippen LogP contribution in [0.25, 0.3) is 0 Å². The Morgan fingerprint density at radius 3 is 2.41 bits per heavy atom. The molecular formula is C24H35N3O2. The van der Waals surface area contributed by atoms with Gasteiger partial charge >= 0.3 is 0 Å². The second kappa shape index (κ2) is 9.55. The normalized spacial score (nSPS) is 20.1. The Balaban J connectivity index is 1.95. The largest absolute Gasteiger partial charge is 0.311 e. The number of amides is 1. The van der Waals surface area contributed by atoms with Crippen molar-refractivity contribution in [3.63, 3.8) is 0 Å². The van der Waals surface area contributed by atoms with E-state index in [1.165, 1.54) is 0 Å². The van der Waals surface area contributed by atoms with Gasteiger partial charge in [0.15, 0.2) is 5.78 Å². The molecule has 0 atom stereocenters. The molecule has 0 radical (unpaired) electrons. The summed E-state index contributed by atoms with van der Waals surface area (Å²) in [6.07, 6.45) is 9.03. The van der Waals surface area contributed by atoms with Crippen molar-refractivity contribution in [2.75, 3.05) is 16.9 Å². The molecule has 0 aromatic heterocycles. The van der Waals surface area contributed by atoms with Crippen molar-refractivity contribution in [2.45, 2.75) is 90.4 Å². The maximum Gasteiger partial charge on any atom is 0.237 e. The molecule has 1 heterocycles.